The lowest BCUT2D eigenvalue weighted by Gasteiger charge is -2.45. The molecule has 35 heavy (non-hydrogen) atoms. The molecule has 0 N–H and O–H groups in total. The molecule has 2 saturated heterocycles. The number of rotatable bonds is 7. The van der Waals surface area contributed by atoms with E-state index in [0.717, 1.165) is 12.0 Å². The minimum Gasteiger partial charge on any atom is -0.477 e. The van der Waals surface area contributed by atoms with Crippen LogP contribution in [-0.4, -0.2) is 40.8 Å². The Morgan fingerprint density at radius 1 is 1.20 bits per heavy atom. The monoisotopic (exact) mass is 528 g/mol. The third-order valence-corrected chi connectivity index (χ3v) is 8.59. The van der Waals surface area contributed by atoms with Crippen LogP contribution in [0.25, 0.3) is 0 Å². The summed E-state index contributed by atoms with van der Waals surface area (Å²) in [5.74, 6) is -1.25. The fourth-order valence-corrected chi connectivity index (χ4v) is 6.07. The molecule has 3 aromatic rings. The van der Waals surface area contributed by atoms with E-state index in [1.54, 1.807) is 30.3 Å². The van der Waals surface area contributed by atoms with Crippen molar-refractivity contribution < 1.29 is 19.1 Å². The van der Waals surface area contributed by atoms with Gasteiger partial charge < -0.3 is 9.47 Å². The standard InChI is InChI=1S/C26H25ClN2O4S2/c1-2-25(14-32-15-25)16-33-22-9-5-8-21(28-22)26(17-10-11-35-13-17)12-20(30)23(24(31)29(26)34)18-6-3-4-7-19(18)27/h3-11,13,23,34H,2,12,14-16H2,1H3. The largest absolute Gasteiger partial charge is 0.477 e. The molecule has 0 saturated carbocycles. The van der Waals surface area contributed by atoms with Crippen molar-refractivity contribution >= 4 is 47.4 Å². The van der Waals surface area contributed by atoms with Crippen LogP contribution in [0.4, 0.5) is 0 Å². The molecule has 0 spiro atoms. The average molecular weight is 529 g/mol. The molecule has 2 aromatic heterocycles. The second-order valence-electron chi connectivity index (χ2n) is 9.12. The van der Waals surface area contributed by atoms with Crippen molar-refractivity contribution in [1.82, 2.24) is 9.29 Å². The summed E-state index contributed by atoms with van der Waals surface area (Å²) in [5.41, 5.74) is 0.616. The fourth-order valence-electron chi connectivity index (χ4n) is 4.70. The molecule has 2 aliphatic rings. The molecule has 6 nitrogen and oxygen atoms in total. The van der Waals surface area contributed by atoms with Crippen molar-refractivity contribution in [3.63, 3.8) is 0 Å². The molecule has 4 heterocycles. The van der Waals surface area contributed by atoms with Gasteiger partial charge in [-0.15, -0.1) is 0 Å². The SMILES string of the molecule is CCC1(COc2cccc(C3(c4ccsc4)CC(=O)C(c4ccccc4Cl)C(=O)N3S)n2)COC1. The Labute approximate surface area is 218 Å². The van der Waals surface area contributed by atoms with Crippen molar-refractivity contribution in [3.05, 3.63) is 81.1 Å². The van der Waals surface area contributed by atoms with Crippen LogP contribution in [0, 0.1) is 5.41 Å². The number of benzene rings is 1. The number of Topliss-reactive ketones (excluding diaryl/α,β-unsaturated/α-hetero) is 1. The van der Waals surface area contributed by atoms with E-state index in [1.807, 2.05) is 29.0 Å². The van der Waals surface area contributed by atoms with Crippen molar-refractivity contribution in [1.29, 1.82) is 0 Å². The van der Waals surface area contributed by atoms with E-state index in [-0.39, 0.29) is 17.6 Å². The van der Waals surface area contributed by atoms with Crippen LogP contribution >= 0.6 is 35.8 Å². The maximum Gasteiger partial charge on any atom is 0.248 e. The second kappa shape index (κ2) is 9.58. The predicted octanol–water partition coefficient (Wildman–Crippen LogP) is 5.28. The summed E-state index contributed by atoms with van der Waals surface area (Å²) in [5, 5.41) is 4.21. The lowest BCUT2D eigenvalue weighted by atomic mass is 9.75. The minimum absolute atomic E-state index is 0.00272. The van der Waals surface area contributed by atoms with Crippen molar-refractivity contribution in [2.45, 2.75) is 31.2 Å². The van der Waals surface area contributed by atoms with E-state index in [9.17, 15) is 9.59 Å². The number of nitrogens with zero attached hydrogens (tertiary/aromatic N) is 2. The highest BCUT2D eigenvalue weighted by molar-refractivity contribution is 7.78. The Bertz CT molecular complexity index is 1240. The molecule has 9 heteroatoms. The number of ether oxygens (including phenoxy) is 2. The Morgan fingerprint density at radius 2 is 2.00 bits per heavy atom. The van der Waals surface area contributed by atoms with Crippen LogP contribution in [0.3, 0.4) is 0 Å². The van der Waals surface area contributed by atoms with Gasteiger partial charge in [0.25, 0.3) is 0 Å². The Balaban J connectivity index is 1.53. The lowest BCUT2D eigenvalue weighted by molar-refractivity contribution is -0.142. The summed E-state index contributed by atoms with van der Waals surface area (Å²) >= 11 is 12.5. The predicted molar refractivity (Wildman–Crippen MR) is 138 cm³/mol. The molecule has 2 unspecified atom stereocenters. The summed E-state index contributed by atoms with van der Waals surface area (Å²) in [7, 11) is 0. The highest BCUT2D eigenvalue weighted by atomic mass is 35.5. The molecular formula is C26H25ClN2O4S2. The molecule has 0 bridgehead atoms. The second-order valence-corrected chi connectivity index (χ2v) is 10.7. The Kier molecular flexibility index (Phi) is 6.65. The van der Waals surface area contributed by atoms with Gasteiger partial charge in [0.05, 0.1) is 30.9 Å². The molecule has 2 atom stereocenters. The third-order valence-electron chi connectivity index (χ3n) is 7.02. The fraction of sp³-hybridized carbons (Fsp3) is 0.346. The molecule has 0 aliphatic carbocycles. The number of carbonyl (C=O) groups is 2. The molecule has 2 aliphatic heterocycles. The van der Waals surface area contributed by atoms with Gasteiger partial charge in [-0.1, -0.05) is 55.6 Å². The summed E-state index contributed by atoms with van der Waals surface area (Å²) in [6.07, 6.45) is 0.959. The zero-order valence-electron chi connectivity index (χ0n) is 19.1. The van der Waals surface area contributed by atoms with E-state index >= 15 is 0 Å². The highest BCUT2D eigenvalue weighted by Gasteiger charge is 2.54. The first-order valence-corrected chi connectivity index (χ1v) is 13.1. The molecule has 182 valence electrons. The van der Waals surface area contributed by atoms with Crippen LogP contribution < -0.4 is 4.74 Å². The third kappa shape index (κ3) is 4.16. The van der Waals surface area contributed by atoms with E-state index in [1.165, 1.54) is 15.6 Å². The van der Waals surface area contributed by atoms with Gasteiger partial charge in [0, 0.05) is 17.5 Å². The van der Waals surface area contributed by atoms with Crippen LogP contribution in [-0.2, 0) is 19.9 Å². The van der Waals surface area contributed by atoms with E-state index in [4.69, 9.17) is 26.1 Å². The number of thiophene rings is 1. The zero-order chi connectivity index (χ0) is 24.6. The van der Waals surface area contributed by atoms with Crippen LogP contribution in [0.1, 0.15) is 42.5 Å². The van der Waals surface area contributed by atoms with Crippen molar-refractivity contribution in [3.8, 4) is 5.88 Å². The van der Waals surface area contributed by atoms with Gasteiger partial charge in [-0.25, -0.2) is 4.98 Å². The number of carbonyl (C=O) groups excluding carboxylic acids is 2. The maximum absolute atomic E-state index is 13.7. The Morgan fingerprint density at radius 3 is 2.66 bits per heavy atom. The number of halogens is 1. The number of ketones is 1. The molecular weight excluding hydrogens is 504 g/mol. The van der Waals surface area contributed by atoms with Gasteiger partial charge >= 0.3 is 0 Å². The van der Waals surface area contributed by atoms with Crippen molar-refractivity contribution in [2.75, 3.05) is 19.8 Å². The normalized spacial score (nSPS) is 23.7. The number of hydrogen-bond acceptors (Lipinski definition) is 7. The molecule has 0 radical (unpaired) electrons. The van der Waals surface area contributed by atoms with E-state index < -0.39 is 17.4 Å². The number of amides is 1. The number of aromatic nitrogens is 1. The van der Waals surface area contributed by atoms with E-state index in [2.05, 4.69) is 19.7 Å². The summed E-state index contributed by atoms with van der Waals surface area (Å²) in [4.78, 5) is 32.1. The van der Waals surface area contributed by atoms with Gasteiger partial charge in [0.1, 0.15) is 11.5 Å². The number of piperidine rings is 1. The summed E-state index contributed by atoms with van der Waals surface area (Å²) in [6.45, 7) is 3.94. The highest BCUT2D eigenvalue weighted by Crippen LogP contribution is 2.48. The lowest BCUT2D eigenvalue weighted by Crippen LogP contribution is -2.54. The first kappa shape index (κ1) is 24.3. The number of hydrogen-bond donors (Lipinski definition) is 1. The smallest absolute Gasteiger partial charge is 0.248 e. The molecule has 1 amide bonds. The van der Waals surface area contributed by atoms with Crippen LogP contribution in [0.2, 0.25) is 5.02 Å². The average Bonchev–Trinajstić information content (AvgIpc) is 3.38. The molecule has 5 rings (SSSR count). The van der Waals surface area contributed by atoms with Gasteiger partial charge in [0.2, 0.25) is 11.8 Å². The van der Waals surface area contributed by atoms with E-state index in [0.29, 0.717) is 42.0 Å². The number of pyridine rings is 1. The van der Waals surface area contributed by atoms with Crippen LogP contribution in [0.5, 0.6) is 5.88 Å². The Hall–Kier alpha value is -2.39. The topological polar surface area (TPSA) is 68.7 Å². The minimum atomic E-state index is -1.17. The van der Waals surface area contributed by atoms with Gasteiger partial charge in [-0.3, -0.25) is 13.9 Å². The zero-order valence-corrected chi connectivity index (χ0v) is 21.6. The first-order chi connectivity index (χ1) is 16.9. The van der Waals surface area contributed by atoms with Crippen molar-refractivity contribution in [2.24, 2.45) is 5.41 Å². The number of thiol groups is 1. The van der Waals surface area contributed by atoms with Gasteiger partial charge in [-0.05, 0) is 46.5 Å². The van der Waals surface area contributed by atoms with Crippen LogP contribution in [0.15, 0.2) is 59.3 Å². The first-order valence-electron chi connectivity index (χ1n) is 11.4. The summed E-state index contributed by atoms with van der Waals surface area (Å²) < 4.78 is 12.8. The van der Waals surface area contributed by atoms with Gasteiger partial charge in [0.15, 0.2) is 5.78 Å². The summed E-state index contributed by atoms with van der Waals surface area (Å²) in [6, 6.07) is 14.3. The quantitative estimate of drug-likeness (QED) is 0.334. The maximum atomic E-state index is 13.7. The molecule has 2 fully saturated rings. The molecule has 1 aromatic carbocycles. The van der Waals surface area contributed by atoms with Gasteiger partial charge in [-0.2, -0.15) is 11.3 Å².